The standard InChI is InChI=1S/C21H19ClFNO2/c22-16-7-4-8-19(12-16)26-21-13-17(23)9-10-20(21)25-14-18(24)11-15-5-2-1-3-6-15/h1-10,12-13,18H,11,14,24H2/t18-/m0/s1. The molecule has 0 amide bonds. The molecule has 0 unspecified atom stereocenters. The van der Waals surface area contributed by atoms with Crippen molar-refractivity contribution in [3.05, 3.63) is 89.2 Å². The van der Waals surface area contributed by atoms with E-state index in [9.17, 15) is 4.39 Å². The maximum absolute atomic E-state index is 13.6. The zero-order valence-corrected chi connectivity index (χ0v) is 14.8. The molecule has 134 valence electrons. The van der Waals surface area contributed by atoms with Crippen LogP contribution in [-0.2, 0) is 6.42 Å². The van der Waals surface area contributed by atoms with Gasteiger partial charge in [-0.1, -0.05) is 48.0 Å². The monoisotopic (exact) mass is 371 g/mol. The highest BCUT2D eigenvalue weighted by Gasteiger charge is 2.11. The van der Waals surface area contributed by atoms with Gasteiger partial charge in [0.25, 0.3) is 0 Å². The average Bonchev–Trinajstić information content (AvgIpc) is 2.62. The Morgan fingerprint density at radius 1 is 0.923 bits per heavy atom. The summed E-state index contributed by atoms with van der Waals surface area (Å²) in [5, 5.41) is 0.534. The van der Waals surface area contributed by atoms with E-state index in [0.717, 1.165) is 5.56 Å². The van der Waals surface area contributed by atoms with Crippen molar-refractivity contribution in [2.45, 2.75) is 12.5 Å². The molecule has 0 saturated carbocycles. The Kier molecular flexibility index (Phi) is 6.10. The number of hydrogen-bond acceptors (Lipinski definition) is 3. The summed E-state index contributed by atoms with van der Waals surface area (Å²) in [7, 11) is 0. The van der Waals surface area contributed by atoms with Crippen LogP contribution in [0.3, 0.4) is 0 Å². The number of rotatable bonds is 7. The van der Waals surface area contributed by atoms with Crippen molar-refractivity contribution < 1.29 is 13.9 Å². The summed E-state index contributed by atoms with van der Waals surface area (Å²) in [4.78, 5) is 0. The van der Waals surface area contributed by atoms with Crippen molar-refractivity contribution in [3.63, 3.8) is 0 Å². The Morgan fingerprint density at radius 3 is 2.50 bits per heavy atom. The minimum Gasteiger partial charge on any atom is -0.488 e. The molecule has 26 heavy (non-hydrogen) atoms. The van der Waals surface area contributed by atoms with Crippen LogP contribution in [-0.4, -0.2) is 12.6 Å². The van der Waals surface area contributed by atoms with Gasteiger partial charge in [0, 0.05) is 17.1 Å². The van der Waals surface area contributed by atoms with Crippen LogP contribution in [0.2, 0.25) is 5.02 Å². The Hall–Kier alpha value is -2.56. The molecule has 0 spiro atoms. The van der Waals surface area contributed by atoms with Gasteiger partial charge < -0.3 is 15.2 Å². The van der Waals surface area contributed by atoms with Crippen LogP contribution < -0.4 is 15.2 Å². The minimum absolute atomic E-state index is 0.193. The molecule has 0 aromatic heterocycles. The Morgan fingerprint density at radius 2 is 1.73 bits per heavy atom. The zero-order chi connectivity index (χ0) is 18.4. The Bertz CT molecular complexity index is 858. The number of ether oxygens (including phenoxy) is 2. The van der Waals surface area contributed by atoms with Gasteiger partial charge in [-0.05, 0) is 42.3 Å². The fourth-order valence-corrected chi connectivity index (χ4v) is 2.69. The van der Waals surface area contributed by atoms with E-state index in [2.05, 4.69) is 0 Å². The lowest BCUT2D eigenvalue weighted by atomic mass is 10.1. The van der Waals surface area contributed by atoms with Gasteiger partial charge in [-0.15, -0.1) is 0 Å². The van der Waals surface area contributed by atoms with Gasteiger partial charge in [0.2, 0.25) is 0 Å². The first-order chi connectivity index (χ1) is 12.6. The average molecular weight is 372 g/mol. The van der Waals surface area contributed by atoms with Crippen LogP contribution >= 0.6 is 11.6 Å². The summed E-state index contributed by atoms with van der Waals surface area (Å²) in [6, 6.07) is 20.8. The van der Waals surface area contributed by atoms with E-state index in [0.29, 0.717) is 22.9 Å². The summed E-state index contributed by atoms with van der Waals surface area (Å²) in [5.74, 6) is 0.790. The van der Waals surface area contributed by atoms with Gasteiger partial charge >= 0.3 is 0 Å². The summed E-state index contributed by atoms with van der Waals surface area (Å²) < 4.78 is 25.1. The molecule has 0 bridgehead atoms. The highest BCUT2D eigenvalue weighted by Crippen LogP contribution is 2.33. The number of nitrogens with two attached hydrogens (primary N) is 1. The van der Waals surface area contributed by atoms with Crippen LogP contribution in [0, 0.1) is 5.82 Å². The summed E-state index contributed by atoms with van der Waals surface area (Å²) in [6.45, 7) is 0.284. The van der Waals surface area contributed by atoms with Crippen molar-refractivity contribution in [2.75, 3.05) is 6.61 Å². The van der Waals surface area contributed by atoms with Gasteiger partial charge in [0.15, 0.2) is 11.5 Å². The van der Waals surface area contributed by atoms with Crippen LogP contribution in [0.15, 0.2) is 72.8 Å². The molecule has 0 fully saturated rings. The number of halogens is 2. The Labute approximate surface area is 157 Å². The molecule has 0 aliphatic carbocycles. The zero-order valence-electron chi connectivity index (χ0n) is 14.1. The molecular formula is C21H19ClFNO2. The van der Waals surface area contributed by atoms with Crippen LogP contribution in [0.4, 0.5) is 4.39 Å². The maximum Gasteiger partial charge on any atom is 0.172 e. The number of benzene rings is 3. The molecule has 5 heteroatoms. The van der Waals surface area contributed by atoms with Crippen molar-refractivity contribution in [1.82, 2.24) is 0 Å². The smallest absolute Gasteiger partial charge is 0.172 e. The lowest BCUT2D eigenvalue weighted by Gasteiger charge is -2.16. The van der Waals surface area contributed by atoms with Crippen molar-refractivity contribution >= 4 is 11.6 Å². The van der Waals surface area contributed by atoms with Gasteiger partial charge in [0.05, 0.1) is 0 Å². The van der Waals surface area contributed by atoms with E-state index in [1.54, 1.807) is 24.3 Å². The molecule has 0 heterocycles. The maximum atomic E-state index is 13.6. The van der Waals surface area contributed by atoms with E-state index in [-0.39, 0.29) is 18.4 Å². The molecule has 1 atom stereocenters. The molecule has 3 nitrogen and oxygen atoms in total. The molecule has 0 saturated heterocycles. The lowest BCUT2D eigenvalue weighted by molar-refractivity contribution is 0.275. The van der Waals surface area contributed by atoms with Crippen LogP contribution in [0.1, 0.15) is 5.56 Å². The molecule has 0 aliphatic heterocycles. The fraction of sp³-hybridized carbons (Fsp3) is 0.143. The van der Waals surface area contributed by atoms with Gasteiger partial charge in [-0.2, -0.15) is 0 Å². The third-order valence-electron chi connectivity index (χ3n) is 3.72. The van der Waals surface area contributed by atoms with Crippen LogP contribution in [0.5, 0.6) is 17.2 Å². The molecule has 2 N–H and O–H groups in total. The summed E-state index contributed by atoms with van der Waals surface area (Å²) >= 11 is 5.96. The molecule has 0 radical (unpaired) electrons. The number of hydrogen-bond donors (Lipinski definition) is 1. The highest BCUT2D eigenvalue weighted by atomic mass is 35.5. The SMILES string of the molecule is N[C@H](COc1ccc(F)cc1Oc1cccc(Cl)c1)Cc1ccccc1. The highest BCUT2D eigenvalue weighted by molar-refractivity contribution is 6.30. The first kappa shape index (κ1) is 18.2. The predicted octanol–water partition coefficient (Wildman–Crippen LogP) is 5.22. The van der Waals surface area contributed by atoms with Gasteiger partial charge in [-0.25, -0.2) is 4.39 Å². The second-order valence-corrected chi connectivity index (χ2v) is 6.35. The fourth-order valence-electron chi connectivity index (χ4n) is 2.51. The third kappa shape index (κ3) is 5.22. The van der Waals surface area contributed by atoms with Crippen LogP contribution in [0.25, 0.3) is 0 Å². The van der Waals surface area contributed by atoms with Crippen molar-refractivity contribution in [2.24, 2.45) is 5.73 Å². The molecular weight excluding hydrogens is 353 g/mol. The predicted molar refractivity (Wildman–Crippen MR) is 102 cm³/mol. The van der Waals surface area contributed by atoms with E-state index >= 15 is 0 Å². The van der Waals surface area contributed by atoms with E-state index < -0.39 is 5.82 Å². The molecule has 0 aliphatic rings. The van der Waals surface area contributed by atoms with E-state index in [1.165, 1.54) is 18.2 Å². The molecule has 3 aromatic carbocycles. The third-order valence-corrected chi connectivity index (χ3v) is 3.96. The normalized spacial score (nSPS) is 11.8. The quantitative estimate of drug-likeness (QED) is 0.619. The minimum atomic E-state index is -0.414. The Balaban J connectivity index is 1.67. The van der Waals surface area contributed by atoms with Crippen molar-refractivity contribution in [3.8, 4) is 17.2 Å². The van der Waals surface area contributed by atoms with E-state index in [4.69, 9.17) is 26.8 Å². The lowest BCUT2D eigenvalue weighted by Crippen LogP contribution is -2.30. The molecule has 3 aromatic rings. The molecule has 3 rings (SSSR count). The first-order valence-electron chi connectivity index (χ1n) is 8.25. The second-order valence-electron chi connectivity index (χ2n) is 5.91. The van der Waals surface area contributed by atoms with E-state index in [1.807, 2.05) is 30.3 Å². The summed E-state index contributed by atoms with van der Waals surface area (Å²) in [6.07, 6.45) is 0.687. The first-order valence-corrected chi connectivity index (χ1v) is 8.63. The second kappa shape index (κ2) is 8.70. The van der Waals surface area contributed by atoms with Gasteiger partial charge in [0.1, 0.15) is 18.2 Å². The largest absolute Gasteiger partial charge is 0.488 e. The summed E-state index contributed by atoms with van der Waals surface area (Å²) in [5.41, 5.74) is 7.29. The van der Waals surface area contributed by atoms with Crippen molar-refractivity contribution in [1.29, 1.82) is 0 Å². The topological polar surface area (TPSA) is 44.5 Å². The van der Waals surface area contributed by atoms with Gasteiger partial charge in [-0.3, -0.25) is 0 Å².